The molecular weight excluding hydrogens is 324 g/mol. The highest BCUT2D eigenvalue weighted by Gasteiger charge is 2.17. The maximum Gasteiger partial charge on any atom is 0.342 e. The third-order valence-electron chi connectivity index (χ3n) is 3.67. The third kappa shape index (κ3) is 4.29. The summed E-state index contributed by atoms with van der Waals surface area (Å²) < 4.78 is 20.9. The molecule has 6 nitrogen and oxygen atoms in total. The van der Waals surface area contributed by atoms with Crippen LogP contribution in [0.25, 0.3) is 0 Å². The Morgan fingerprint density at radius 2 is 1.56 bits per heavy atom. The number of Topliss-reactive ketones (excluding diaryl/α,β-unsaturated/α-hetero) is 1. The molecule has 0 spiro atoms. The molecule has 0 radical (unpaired) electrons. The van der Waals surface area contributed by atoms with E-state index < -0.39 is 5.97 Å². The van der Waals surface area contributed by atoms with Crippen LogP contribution >= 0.6 is 0 Å². The Morgan fingerprint density at radius 3 is 2.16 bits per heavy atom. The number of esters is 1. The molecule has 6 heteroatoms. The van der Waals surface area contributed by atoms with Crippen LogP contribution in [0, 0.1) is 0 Å². The topological polar surface area (TPSA) is 71.1 Å². The summed E-state index contributed by atoms with van der Waals surface area (Å²) in [6.07, 6.45) is 0. The lowest BCUT2D eigenvalue weighted by molar-refractivity contribution is 0.0466. The van der Waals surface area contributed by atoms with E-state index in [4.69, 9.17) is 18.9 Å². The van der Waals surface area contributed by atoms with Gasteiger partial charge in [-0.3, -0.25) is 4.79 Å². The highest BCUT2D eigenvalue weighted by Crippen LogP contribution is 2.26. The number of methoxy groups -OCH3 is 3. The number of benzene rings is 2. The molecule has 2 aromatic carbocycles. The molecule has 2 rings (SSSR count). The van der Waals surface area contributed by atoms with Crippen molar-refractivity contribution >= 4 is 11.8 Å². The first-order valence-electron chi connectivity index (χ1n) is 7.57. The predicted octanol–water partition coefficient (Wildman–Crippen LogP) is 3.27. The first kappa shape index (κ1) is 18.3. The largest absolute Gasteiger partial charge is 0.497 e. The molecule has 0 heterocycles. The fourth-order valence-corrected chi connectivity index (χ4v) is 2.31. The molecule has 2 aromatic rings. The Bertz CT molecular complexity index is 781. The molecule has 0 saturated carbocycles. The van der Waals surface area contributed by atoms with Gasteiger partial charge in [0.25, 0.3) is 0 Å². The number of ether oxygens (including phenoxy) is 4. The molecule has 0 fully saturated rings. The zero-order chi connectivity index (χ0) is 18.4. The van der Waals surface area contributed by atoms with Crippen LogP contribution in [0.4, 0.5) is 0 Å². The van der Waals surface area contributed by atoms with Gasteiger partial charge in [-0.1, -0.05) is 0 Å². The van der Waals surface area contributed by atoms with E-state index in [-0.39, 0.29) is 18.0 Å². The van der Waals surface area contributed by atoms with Gasteiger partial charge in [-0.05, 0) is 43.3 Å². The number of ketones is 1. The highest BCUT2D eigenvalue weighted by molar-refractivity contribution is 5.94. The van der Waals surface area contributed by atoms with Crippen molar-refractivity contribution in [1.29, 1.82) is 0 Å². The van der Waals surface area contributed by atoms with Crippen molar-refractivity contribution in [2.45, 2.75) is 13.5 Å². The Hall–Kier alpha value is -3.02. The fraction of sp³-hybridized carbons (Fsp3) is 0.263. The monoisotopic (exact) mass is 344 g/mol. The number of rotatable bonds is 7. The van der Waals surface area contributed by atoms with E-state index in [2.05, 4.69) is 0 Å². The maximum absolute atomic E-state index is 12.4. The van der Waals surface area contributed by atoms with Crippen LogP contribution < -0.4 is 14.2 Å². The standard InChI is InChI=1S/C19H20O6/c1-12(20)13-5-7-17(23-3)14(9-13)11-25-19(21)16-10-15(22-2)6-8-18(16)24-4/h5-10H,11H2,1-4H3. The van der Waals surface area contributed by atoms with Crippen molar-refractivity contribution in [2.24, 2.45) is 0 Å². The number of hydrogen-bond acceptors (Lipinski definition) is 6. The minimum absolute atomic E-state index is 0.0382. The predicted molar refractivity (Wildman–Crippen MR) is 91.7 cm³/mol. The van der Waals surface area contributed by atoms with Gasteiger partial charge in [0.1, 0.15) is 29.4 Å². The van der Waals surface area contributed by atoms with Crippen molar-refractivity contribution in [3.63, 3.8) is 0 Å². The van der Waals surface area contributed by atoms with Crippen LogP contribution in [-0.2, 0) is 11.3 Å². The fourth-order valence-electron chi connectivity index (χ4n) is 2.31. The van der Waals surface area contributed by atoms with Gasteiger partial charge in [-0.25, -0.2) is 4.79 Å². The first-order valence-corrected chi connectivity index (χ1v) is 7.57. The van der Waals surface area contributed by atoms with Crippen molar-refractivity contribution in [3.8, 4) is 17.2 Å². The van der Waals surface area contributed by atoms with Crippen molar-refractivity contribution in [2.75, 3.05) is 21.3 Å². The van der Waals surface area contributed by atoms with E-state index in [9.17, 15) is 9.59 Å². The van der Waals surface area contributed by atoms with Crippen LogP contribution in [-0.4, -0.2) is 33.1 Å². The van der Waals surface area contributed by atoms with Crippen LogP contribution in [0.15, 0.2) is 36.4 Å². The molecule has 0 atom stereocenters. The molecule has 25 heavy (non-hydrogen) atoms. The summed E-state index contributed by atoms with van der Waals surface area (Å²) in [7, 11) is 4.49. The molecule has 0 unspecified atom stereocenters. The van der Waals surface area contributed by atoms with E-state index in [1.165, 1.54) is 28.3 Å². The van der Waals surface area contributed by atoms with Crippen molar-refractivity contribution < 1.29 is 28.5 Å². The van der Waals surface area contributed by atoms with Crippen LogP contribution in [0.1, 0.15) is 33.2 Å². The third-order valence-corrected chi connectivity index (χ3v) is 3.67. The Balaban J connectivity index is 2.22. The quantitative estimate of drug-likeness (QED) is 0.567. The lowest BCUT2D eigenvalue weighted by atomic mass is 10.1. The molecular formula is C19H20O6. The van der Waals surface area contributed by atoms with Crippen LogP contribution in [0.3, 0.4) is 0 Å². The molecule has 0 saturated heterocycles. The van der Waals surface area contributed by atoms with Gasteiger partial charge in [0.2, 0.25) is 0 Å². The first-order chi connectivity index (χ1) is 12.0. The summed E-state index contributed by atoms with van der Waals surface area (Å²) in [5, 5.41) is 0. The molecule has 0 aromatic heterocycles. The molecule has 0 aliphatic rings. The minimum atomic E-state index is -0.564. The number of carbonyl (C=O) groups is 2. The van der Waals surface area contributed by atoms with E-state index in [1.54, 1.807) is 36.4 Å². The van der Waals surface area contributed by atoms with E-state index in [0.717, 1.165) is 0 Å². The second kappa shape index (κ2) is 8.19. The average molecular weight is 344 g/mol. The van der Waals surface area contributed by atoms with E-state index in [1.807, 2.05) is 0 Å². The smallest absolute Gasteiger partial charge is 0.342 e. The van der Waals surface area contributed by atoms with Gasteiger partial charge in [-0.2, -0.15) is 0 Å². The van der Waals surface area contributed by atoms with Crippen molar-refractivity contribution in [1.82, 2.24) is 0 Å². The summed E-state index contributed by atoms with van der Waals surface area (Å²) in [6, 6.07) is 9.85. The zero-order valence-corrected chi connectivity index (χ0v) is 14.6. The molecule has 0 N–H and O–H groups in total. The van der Waals surface area contributed by atoms with Gasteiger partial charge in [-0.15, -0.1) is 0 Å². The summed E-state index contributed by atoms with van der Waals surface area (Å²) in [5.74, 6) is 0.797. The van der Waals surface area contributed by atoms with Crippen LogP contribution in [0.5, 0.6) is 17.2 Å². The summed E-state index contributed by atoms with van der Waals surface area (Å²) in [4.78, 5) is 24.0. The Kier molecular flexibility index (Phi) is 6.00. The summed E-state index contributed by atoms with van der Waals surface area (Å²) >= 11 is 0. The number of hydrogen-bond donors (Lipinski definition) is 0. The SMILES string of the molecule is COc1ccc(OC)c(C(=O)OCc2cc(C(C)=O)ccc2OC)c1. The van der Waals surface area contributed by atoms with Crippen LogP contribution in [0.2, 0.25) is 0 Å². The second-order valence-corrected chi connectivity index (χ2v) is 5.23. The van der Waals surface area contributed by atoms with Gasteiger partial charge >= 0.3 is 5.97 Å². The van der Waals surface area contributed by atoms with Gasteiger partial charge in [0, 0.05) is 11.1 Å². The Labute approximate surface area is 146 Å². The summed E-state index contributed by atoms with van der Waals surface area (Å²) in [5.41, 5.74) is 1.37. The molecule has 0 aliphatic carbocycles. The Morgan fingerprint density at radius 1 is 0.880 bits per heavy atom. The number of carbonyl (C=O) groups excluding carboxylic acids is 2. The highest BCUT2D eigenvalue weighted by atomic mass is 16.5. The maximum atomic E-state index is 12.4. The van der Waals surface area contributed by atoms with Crippen molar-refractivity contribution in [3.05, 3.63) is 53.1 Å². The molecule has 132 valence electrons. The van der Waals surface area contributed by atoms with Gasteiger partial charge < -0.3 is 18.9 Å². The lowest BCUT2D eigenvalue weighted by Gasteiger charge is -2.12. The second-order valence-electron chi connectivity index (χ2n) is 5.23. The van der Waals surface area contributed by atoms with E-state index >= 15 is 0 Å². The lowest BCUT2D eigenvalue weighted by Crippen LogP contribution is -2.08. The molecule has 0 amide bonds. The zero-order valence-electron chi connectivity index (χ0n) is 14.6. The average Bonchev–Trinajstić information content (AvgIpc) is 2.65. The van der Waals surface area contributed by atoms with E-state index in [0.29, 0.717) is 28.4 Å². The normalized spacial score (nSPS) is 10.1. The molecule has 0 aliphatic heterocycles. The summed E-state index contributed by atoms with van der Waals surface area (Å²) in [6.45, 7) is 1.43. The molecule has 0 bridgehead atoms. The minimum Gasteiger partial charge on any atom is -0.497 e. The van der Waals surface area contributed by atoms with Gasteiger partial charge in [0.15, 0.2) is 5.78 Å². The van der Waals surface area contributed by atoms with Gasteiger partial charge in [0.05, 0.1) is 21.3 Å².